The van der Waals surface area contributed by atoms with Crippen molar-refractivity contribution in [2.24, 2.45) is 5.73 Å². The normalized spacial score (nSPS) is 21.4. The summed E-state index contributed by atoms with van der Waals surface area (Å²) in [6, 6.07) is 6.68. The van der Waals surface area contributed by atoms with Crippen LogP contribution in [-0.2, 0) is 14.8 Å². The van der Waals surface area contributed by atoms with Crippen LogP contribution in [0, 0.1) is 0 Å². The molecule has 3 N–H and O–H groups in total. The van der Waals surface area contributed by atoms with Gasteiger partial charge in [0, 0.05) is 16.8 Å². The second kappa shape index (κ2) is 7.41. The molecule has 1 aliphatic rings. The molecule has 0 bridgehead atoms. The van der Waals surface area contributed by atoms with Crippen LogP contribution in [-0.4, -0.2) is 33.1 Å². The summed E-state index contributed by atoms with van der Waals surface area (Å²) < 4.78 is 33.9. The molecule has 6 nitrogen and oxygen atoms in total. The van der Waals surface area contributed by atoms with Crippen LogP contribution in [0.4, 0.5) is 0 Å². The van der Waals surface area contributed by atoms with Gasteiger partial charge in [-0.15, -0.1) is 11.3 Å². The molecule has 0 atom stereocenters. The lowest BCUT2D eigenvalue weighted by molar-refractivity contribution is 0.0532. The number of thiophene rings is 1. The van der Waals surface area contributed by atoms with E-state index in [1.54, 1.807) is 31.2 Å². The van der Waals surface area contributed by atoms with Crippen LogP contribution in [0.15, 0.2) is 29.2 Å². The van der Waals surface area contributed by atoms with Gasteiger partial charge in [0.2, 0.25) is 10.0 Å². The van der Waals surface area contributed by atoms with Crippen molar-refractivity contribution in [3.8, 4) is 0 Å². The lowest BCUT2D eigenvalue weighted by atomic mass is 9.93. The van der Waals surface area contributed by atoms with Gasteiger partial charge in [0.1, 0.15) is 4.88 Å². The zero-order valence-electron chi connectivity index (χ0n) is 14.0. The van der Waals surface area contributed by atoms with Crippen molar-refractivity contribution in [1.82, 2.24) is 4.72 Å². The van der Waals surface area contributed by atoms with Gasteiger partial charge in [-0.25, -0.2) is 17.9 Å². The number of hydrogen-bond donors (Lipinski definition) is 2. The molecule has 0 saturated heterocycles. The zero-order chi connectivity index (χ0) is 18.0. The van der Waals surface area contributed by atoms with E-state index in [0.717, 1.165) is 35.8 Å². The van der Waals surface area contributed by atoms with E-state index in [4.69, 9.17) is 10.5 Å². The lowest BCUT2D eigenvalue weighted by Crippen LogP contribution is -2.40. The summed E-state index contributed by atoms with van der Waals surface area (Å²) in [5.41, 5.74) is 5.87. The van der Waals surface area contributed by atoms with Crippen LogP contribution >= 0.6 is 11.3 Å². The van der Waals surface area contributed by atoms with Crippen LogP contribution in [0.5, 0.6) is 0 Å². The molecule has 1 heterocycles. The Labute approximate surface area is 151 Å². The number of rotatable bonds is 5. The van der Waals surface area contributed by atoms with Gasteiger partial charge in [-0.1, -0.05) is 0 Å². The Bertz CT molecular complexity index is 868. The van der Waals surface area contributed by atoms with Crippen LogP contribution in [0.1, 0.15) is 42.3 Å². The summed E-state index contributed by atoms with van der Waals surface area (Å²) in [5, 5.41) is 0.724. The molecular formula is C17H22N2O4S2. The Hall–Kier alpha value is -1.48. The van der Waals surface area contributed by atoms with Crippen molar-refractivity contribution in [1.29, 1.82) is 0 Å². The Morgan fingerprint density at radius 2 is 2.00 bits per heavy atom. The van der Waals surface area contributed by atoms with E-state index in [-0.39, 0.29) is 22.9 Å². The van der Waals surface area contributed by atoms with Gasteiger partial charge in [-0.05, 0) is 62.3 Å². The monoisotopic (exact) mass is 382 g/mol. The van der Waals surface area contributed by atoms with Crippen LogP contribution < -0.4 is 10.5 Å². The molecule has 0 spiro atoms. The third-order valence-corrected chi connectivity index (χ3v) is 6.98. The highest BCUT2D eigenvalue weighted by molar-refractivity contribution is 7.89. The SMILES string of the molecule is CCOC(=O)c1cc2cc(S(=O)(=O)NC3CCC(N)CC3)ccc2s1. The highest BCUT2D eigenvalue weighted by atomic mass is 32.2. The molecule has 1 fully saturated rings. The summed E-state index contributed by atoms with van der Waals surface area (Å²) in [4.78, 5) is 12.5. The minimum absolute atomic E-state index is 0.0712. The number of sulfonamides is 1. The average Bonchev–Trinajstić information content (AvgIpc) is 3.00. The number of ether oxygens (including phenoxy) is 1. The number of carbonyl (C=O) groups is 1. The van der Waals surface area contributed by atoms with Crippen molar-refractivity contribution < 1.29 is 17.9 Å². The summed E-state index contributed by atoms with van der Waals surface area (Å²) in [6.07, 6.45) is 3.18. The molecule has 25 heavy (non-hydrogen) atoms. The molecule has 0 aliphatic heterocycles. The molecule has 1 aromatic heterocycles. The van der Waals surface area contributed by atoms with E-state index in [0.29, 0.717) is 11.5 Å². The van der Waals surface area contributed by atoms with Gasteiger partial charge in [0.05, 0.1) is 11.5 Å². The minimum atomic E-state index is -3.59. The number of hydrogen-bond acceptors (Lipinski definition) is 6. The first-order chi connectivity index (χ1) is 11.9. The number of esters is 1. The second-order valence-electron chi connectivity index (χ2n) is 6.26. The summed E-state index contributed by atoms with van der Waals surface area (Å²) in [6.45, 7) is 2.06. The third kappa shape index (κ3) is 4.20. The largest absolute Gasteiger partial charge is 0.462 e. The van der Waals surface area contributed by atoms with Crippen molar-refractivity contribution in [2.45, 2.75) is 49.6 Å². The van der Waals surface area contributed by atoms with E-state index >= 15 is 0 Å². The van der Waals surface area contributed by atoms with E-state index in [1.807, 2.05) is 0 Å². The molecule has 136 valence electrons. The summed E-state index contributed by atoms with van der Waals surface area (Å²) >= 11 is 1.30. The van der Waals surface area contributed by atoms with Crippen molar-refractivity contribution in [3.63, 3.8) is 0 Å². The Morgan fingerprint density at radius 3 is 2.68 bits per heavy atom. The predicted molar refractivity (Wildman–Crippen MR) is 98.3 cm³/mol. The third-order valence-electron chi connectivity index (χ3n) is 4.37. The standard InChI is InChI=1S/C17H22N2O4S2/c1-2-23-17(20)16-10-11-9-14(7-8-15(11)24-16)25(21,22)19-13-5-3-12(18)4-6-13/h7-10,12-13,19H,2-6,18H2,1H3. The molecule has 1 aromatic carbocycles. The van der Waals surface area contributed by atoms with Gasteiger partial charge in [-0.2, -0.15) is 0 Å². The van der Waals surface area contributed by atoms with Crippen LogP contribution in [0.3, 0.4) is 0 Å². The Balaban J connectivity index is 1.81. The highest BCUT2D eigenvalue weighted by Crippen LogP contribution is 2.29. The second-order valence-corrected chi connectivity index (χ2v) is 9.06. The smallest absolute Gasteiger partial charge is 0.348 e. The number of carbonyl (C=O) groups excluding carboxylic acids is 1. The van der Waals surface area contributed by atoms with Crippen molar-refractivity contribution in [2.75, 3.05) is 6.61 Å². The quantitative estimate of drug-likeness (QED) is 0.775. The molecule has 2 aromatic rings. The van der Waals surface area contributed by atoms with Gasteiger partial charge < -0.3 is 10.5 Å². The molecular weight excluding hydrogens is 360 g/mol. The summed E-state index contributed by atoms with van der Waals surface area (Å²) in [7, 11) is -3.59. The van der Waals surface area contributed by atoms with Gasteiger partial charge in [0.15, 0.2) is 0 Å². The van der Waals surface area contributed by atoms with Crippen molar-refractivity contribution in [3.05, 3.63) is 29.1 Å². The fourth-order valence-electron chi connectivity index (χ4n) is 3.02. The number of fused-ring (bicyclic) bond motifs is 1. The van der Waals surface area contributed by atoms with E-state index < -0.39 is 10.0 Å². The molecule has 1 aliphatic carbocycles. The molecule has 8 heteroatoms. The van der Waals surface area contributed by atoms with Gasteiger partial charge in [0.25, 0.3) is 0 Å². The fourth-order valence-corrected chi connectivity index (χ4v) is 5.29. The maximum absolute atomic E-state index is 12.6. The van der Waals surface area contributed by atoms with Gasteiger partial charge >= 0.3 is 5.97 Å². The van der Waals surface area contributed by atoms with Crippen LogP contribution in [0.25, 0.3) is 10.1 Å². The first kappa shape index (κ1) is 18.3. The van der Waals surface area contributed by atoms with E-state index in [1.165, 1.54) is 11.3 Å². The first-order valence-corrected chi connectivity index (χ1v) is 10.7. The number of nitrogens with two attached hydrogens (primary N) is 1. The van der Waals surface area contributed by atoms with E-state index in [2.05, 4.69) is 4.72 Å². The molecule has 0 amide bonds. The molecule has 1 saturated carbocycles. The fraction of sp³-hybridized carbons (Fsp3) is 0.471. The van der Waals surface area contributed by atoms with Gasteiger partial charge in [-0.3, -0.25) is 0 Å². The summed E-state index contributed by atoms with van der Waals surface area (Å²) in [5.74, 6) is -0.384. The van der Waals surface area contributed by atoms with Crippen LogP contribution in [0.2, 0.25) is 0 Å². The maximum Gasteiger partial charge on any atom is 0.348 e. The first-order valence-electron chi connectivity index (χ1n) is 8.37. The highest BCUT2D eigenvalue weighted by Gasteiger charge is 2.24. The zero-order valence-corrected chi connectivity index (χ0v) is 15.7. The average molecular weight is 383 g/mol. The van der Waals surface area contributed by atoms with Crippen molar-refractivity contribution >= 4 is 37.4 Å². The molecule has 0 unspecified atom stereocenters. The lowest BCUT2D eigenvalue weighted by Gasteiger charge is -2.26. The number of nitrogens with one attached hydrogen (secondary N) is 1. The van der Waals surface area contributed by atoms with E-state index in [9.17, 15) is 13.2 Å². The maximum atomic E-state index is 12.6. The molecule has 0 radical (unpaired) electrons. The number of benzene rings is 1. The Kier molecular flexibility index (Phi) is 5.43. The topological polar surface area (TPSA) is 98.5 Å². The minimum Gasteiger partial charge on any atom is -0.462 e. The Morgan fingerprint density at radius 1 is 1.28 bits per heavy atom. The predicted octanol–water partition coefficient (Wildman–Crippen LogP) is 2.63. The molecule has 3 rings (SSSR count).